The molecule has 1 aliphatic carbocycles. The SMILES string of the molecule is CC1(C)C=C(F)C=CC=C1F. The van der Waals surface area contributed by atoms with E-state index in [2.05, 4.69) is 0 Å². The van der Waals surface area contributed by atoms with E-state index in [4.69, 9.17) is 0 Å². The summed E-state index contributed by atoms with van der Waals surface area (Å²) >= 11 is 0. The van der Waals surface area contributed by atoms with Crippen molar-refractivity contribution in [3.63, 3.8) is 0 Å². The molecule has 0 nitrogen and oxygen atoms in total. The van der Waals surface area contributed by atoms with Crippen LogP contribution in [0.15, 0.2) is 36.0 Å². The summed E-state index contributed by atoms with van der Waals surface area (Å²) in [5.41, 5.74) is -0.812. The Kier molecular flexibility index (Phi) is 1.94. The first kappa shape index (κ1) is 8.18. The highest BCUT2D eigenvalue weighted by Crippen LogP contribution is 2.32. The molecule has 0 aromatic carbocycles. The molecule has 0 aromatic rings. The average Bonchev–Trinajstić information content (AvgIpc) is 1.93. The number of hydrogen-bond acceptors (Lipinski definition) is 0. The van der Waals surface area contributed by atoms with Crippen molar-refractivity contribution in [2.24, 2.45) is 5.41 Å². The van der Waals surface area contributed by atoms with Crippen LogP contribution in [0, 0.1) is 5.41 Å². The van der Waals surface area contributed by atoms with Gasteiger partial charge in [-0.25, -0.2) is 8.78 Å². The Hall–Kier alpha value is -0.920. The molecule has 0 spiro atoms. The number of rotatable bonds is 0. The molecule has 0 radical (unpaired) electrons. The molecule has 0 aromatic heterocycles. The van der Waals surface area contributed by atoms with E-state index in [0.29, 0.717) is 0 Å². The summed E-state index contributed by atoms with van der Waals surface area (Å²) in [4.78, 5) is 0. The molecule has 0 amide bonds. The van der Waals surface area contributed by atoms with Gasteiger partial charge in [0.15, 0.2) is 0 Å². The van der Waals surface area contributed by atoms with Crippen molar-refractivity contribution in [2.45, 2.75) is 13.8 Å². The summed E-state index contributed by atoms with van der Waals surface area (Å²) < 4.78 is 25.7. The molecular formula is C9H10F2. The van der Waals surface area contributed by atoms with Gasteiger partial charge in [0.25, 0.3) is 0 Å². The first-order valence-corrected chi connectivity index (χ1v) is 3.45. The van der Waals surface area contributed by atoms with Crippen LogP contribution in [0.3, 0.4) is 0 Å². The maximum atomic E-state index is 13.0. The number of hydrogen-bond donors (Lipinski definition) is 0. The average molecular weight is 156 g/mol. The van der Waals surface area contributed by atoms with E-state index in [9.17, 15) is 8.78 Å². The molecule has 1 aliphatic rings. The third kappa shape index (κ3) is 1.76. The van der Waals surface area contributed by atoms with Gasteiger partial charge in [-0.05, 0) is 32.1 Å². The fraction of sp³-hybridized carbons (Fsp3) is 0.333. The van der Waals surface area contributed by atoms with Crippen LogP contribution in [0.2, 0.25) is 0 Å². The highest BCUT2D eigenvalue weighted by molar-refractivity contribution is 5.29. The van der Waals surface area contributed by atoms with E-state index in [1.54, 1.807) is 13.8 Å². The highest BCUT2D eigenvalue weighted by Gasteiger charge is 2.22. The molecule has 0 heterocycles. The maximum absolute atomic E-state index is 13.0. The van der Waals surface area contributed by atoms with Crippen molar-refractivity contribution < 1.29 is 8.78 Å². The van der Waals surface area contributed by atoms with E-state index >= 15 is 0 Å². The lowest BCUT2D eigenvalue weighted by Gasteiger charge is -2.16. The molecule has 0 aliphatic heterocycles. The zero-order chi connectivity index (χ0) is 8.48. The Morgan fingerprint density at radius 2 is 1.91 bits per heavy atom. The van der Waals surface area contributed by atoms with E-state index in [1.807, 2.05) is 0 Å². The molecule has 0 atom stereocenters. The standard InChI is InChI=1S/C9H10F2/c1-9(2)6-7(10)4-3-5-8(9)11/h3-6H,1-2H3. The lowest BCUT2D eigenvalue weighted by atomic mass is 9.91. The van der Waals surface area contributed by atoms with E-state index < -0.39 is 5.41 Å². The van der Waals surface area contributed by atoms with Gasteiger partial charge in [-0.3, -0.25) is 0 Å². The molecule has 0 saturated heterocycles. The van der Waals surface area contributed by atoms with Gasteiger partial charge in [0, 0.05) is 5.41 Å². The third-order valence-electron chi connectivity index (χ3n) is 1.61. The Bertz CT molecular complexity index is 244. The minimum absolute atomic E-state index is 0.318. The van der Waals surface area contributed by atoms with Gasteiger partial charge in [0.05, 0.1) is 0 Å². The summed E-state index contributed by atoms with van der Waals surface area (Å²) in [6, 6.07) is 0. The maximum Gasteiger partial charge on any atom is 0.120 e. The van der Waals surface area contributed by atoms with Crippen LogP contribution in [0.25, 0.3) is 0 Å². The van der Waals surface area contributed by atoms with E-state index in [0.717, 1.165) is 0 Å². The molecule has 60 valence electrons. The third-order valence-corrected chi connectivity index (χ3v) is 1.61. The number of allylic oxidation sites excluding steroid dienone is 6. The first-order valence-electron chi connectivity index (χ1n) is 3.45. The van der Waals surface area contributed by atoms with Gasteiger partial charge < -0.3 is 0 Å². The van der Waals surface area contributed by atoms with E-state index in [1.165, 1.54) is 24.3 Å². The summed E-state index contributed by atoms with van der Waals surface area (Å²) in [5, 5.41) is 0. The van der Waals surface area contributed by atoms with Crippen LogP contribution in [0.5, 0.6) is 0 Å². The minimum atomic E-state index is -0.812. The van der Waals surface area contributed by atoms with Crippen molar-refractivity contribution in [3.05, 3.63) is 36.0 Å². The summed E-state index contributed by atoms with van der Waals surface area (Å²) in [6.07, 6.45) is 5.16. The predicted molar refractivity (Wildman–Crippen MR) is 41.3 cm³/mol. The van der Waals surface area contributed by atoms with Gasteiger partial charge in [0.1, 0.15) is 11.7 Å². The van der Waals surface area contributed by atoms with Crippen LogP contribution >= 0.6 is 0 Å². The van der Waals surface area contributed by atoms with Crippen molar-refractivity contribution >= 4 is 0 Å². The van der Waals surface area contributed by atoms with Gasteiger partial charge in [-0.15, -0.1) is 0 Å². The first-order chi connectivity index (χ1) is 5.02. The van der Waals surface area contributed by atoms with Gasteiger partial charge in [-0.2, -0.15) is 0 Å². The van der Waals surface area contributed by atoms with Gasteiger partial charge in [0.2, 0.25) is 0 Å². The lowest BCUT2D eigenvalue weighted by molar-refractivity contribution is 0.422. The van der Waals surface area contributed by atoms with Gasteiger partial charge in [-0.1, -0.05) is 6.08 Å². The summed E-state index contributed by atoms with van der Waals surface area (Å²) in [6.45, 7) is 3.26. The fourth-order valence-electron chi connectivity index (χ4n) is 0.901. The van der Waals surface area contributed by atoms with Crippen LogP contribution in [-0.4, -0.2) is 0 Å². The molecule has 0 bridgehead atoms. The molecule has 0 fully saturated rings. The Morgan fingerprint density at radius 3 is 2.55 bits per heavy atom. The second kappa shape index (κ2) is 2.61. The predicted octanol–water partition coefficient (Wildman–Crippen LogP) is 3.29. The van der Waals surface area contributed by atoms with Crippen molar-refractivity contribution in [1.29, 1.82) is 0 Å². The second-order valence-electron chi connectivity index (χ2n) is 3.12. The van der Waals surface area contributed by atoms with Crippen molar-refractivity contribution in [3.8, 4) is 0 Å². The summed E-state index contributed by atoms with van der Waals surface area (Å²) in [5.74, 6) is -0.708. The zero-order valence-electron chi connectivity index (χ0n) is 6.57. The number of halogens is 2. The zero-order valence-corrected chi connectivity index (χ0v) is 6.57. The fourth-order valence-corrected chi connectivity index (χ4v) is 0.901. The quantitative estimate of drug-likeness (QED) is 0.504. The monoisotopic (exact) mass is 156 g/mol. The van der Waals surface area contributed by atoms with Crippen LogP contribution in [0.4, 0.5) is 8.78 Å². The van der Waals surface area contributed by atoms with Crippen LogP contribution < -0.4 is 0 Å². The van der Waals surface area contributed by atoms with Crippen LogP contribution in [-0.2, 0) is 0 Å². The molecule has 0 saturated carbocycles. The summed E-state index contributed by atoms with van der Waals surface area (Å²) in [7, 11) is 0. The van der Waals surface area contributed by atoms with Crippen LogP contribution in [0.1, 0.15) is 13.8 Å². The smallest absolute Gasteiger partial charge is 0.120 e. The largest absolute Gasteiger partial charge is 0.211 e. The topological polar surface area (TPSA) is 0 Å². The molecule has 2 heteroatoms. The Balaban J connectivity index is 3.06. The van der Waals surface area contributed by atoms with Crippen molar-refractivity contribution in [2.75, 3.05) is 0 Å². The molecule has 1 rings (SSSR count). The minimum Gasteiger partial charge on any atom is -0.211 e. The molecule has 0 N–H and O–H groups in total. The molecule has 11 heavy (non-hydrogen) atoms. The van der Waals surface area contributed by atoms with E-state index in [-0.39, 0.29) is 11.7 Å². The second-order valence-corrected chi connectivity index (χ2v) is 3.12. The highest BCUT2D eigenvalue weighted by atomic mass is 19.1. The molecule has 0 unspecified atom stereocenters. The van der Waals surface area contributed by atoms with Gasteiger partial charge >= 0.3 is 0 Å². The Labute approximate surface area is 64.9 Å². The normalized spacial score (nSPS) is 22.2. The lowest BCUT2D eigenvalue weighted by Crippen LogP contribution is -2.07. The van der Waals surface area contributed by atoms with Crippen molar-refractivity contribution in [1.82, 2.24) is 0 Å². The Morgan fingerprint density at radius 1 is 1.27 bits per heavy atom. The molecular weight excluding hydrogens is 146 g/mol.